The van der Waals surface area contributed by atoms with E-state index in [9.17, 15) is 9.59 Å². The minimum absolute atomic E-state index is 0.250. The summed E-state index contributed by atoms with van der Waals surface area (Å²) in [4.78, 5) is 25.2. The molecule has 0 spiro atoms. The predicted molar refractivity (Wildman–Crippen MR) is 121 cm³/mol. The molecule has 2 rings (SSSR count). The minimum Gasteiger partial charge on any atom is -0.462 e. The van der Waals surface area contributed by atoms with Gasteiger partial charge in [-0.3, -0.25) is 0 Å². The third-order valence-electron chi connectivity index (χ3n) is 5.04. The second kappa shape index (κ2) is 9.89. The van der Waals surface area contributed by atoms with Crippen LogP contribution in [0, 0.1) is 18.3 Å². The van der Waals surface area contributed by atoms with Gasteiger partial charge in [0.05, 0.1) is 18.8 Å². The standard InChI is InChI=1S/C21H32N2O4S2/c1-7-26-18(24)15-13(4)16(19(25)27-8-2)29-17(15)23-20(28)22-14-9-12(3)10-21(5,6)11-14/h12,14H,7-11H2,1-6H3,(H2,22,23,28). The average Bonchev–Trinajstić information content (AvgIpc) is 2.89. The van der Waals surface area contributed by atoms with Crippen molar-refractivity contribution in [2.45, 2.75) is 66.8 Å². The number of anilines is 1. The molecule has 2 atom stereocenters. The van der Waals surface area contributed by atoms with E-state index in [1.54, 1.807) is 20.8 Å². The van der Waals surface area contributed by atoms with Crippen molar-refractivity contribution in [1.29, 1.82) is 0 Å². The van der Waals surface area contributed by atoms with Gasteiger partial charge in [-0.25, -0.2) is 9.59 Å². The van der Waals surface area contributed by atoms with E-state index in [0.29, 0.717) is 32.0 Å². The summed E-state index contributed by atoms with van der Waals surface area (Å²) in [6, 6.07) is 0.269. The molecule has 29 heavy (non-hydrogen) atoms. The topological polar surface area (TPSA) is 76.7 Å². The van der Waals surface area contributed by atoms with Gasteiger partial charge >= 0.3 is 11.9 Å². The molecular weight excluding hydrogens is 408 g/mol. The monoisotopic (exact) mass is 440 g/mol. The zero-order valence-corrected chi connectivity index (χ0v) is 19.8. The van der Waals surface area contributed by atoms with Crippen LogP contribution in [0.1, 0.15) is 79.5 Å². The molecule has 1 aromatic heterocycles. The molecule has 1 fully saturated rings. The number of carbonyl (C=O) groups excluding carboxylic acids is 2. The number of hydrogen-bond donors (Lipinski definition) is 2. The van der Waals surface area contributed by atoms with Crippen LogP contribution in [0.15, 0.2) is 0 Å². The Hall–Kier alpha value is -1.67. The second-order valence-electron chi connectivity index (χ2n) is 8.41. The van der Waals surface area contributed by atoms with E-state index in [-0.39, 0.29) is 24.7 Å². The van der Waals surface area contributed by atoms with Crippen molar-refractivity contribution >= 4 is 45.6 Å². The lowest BCUT2D eigenvalue weighted by Gasteiger charge is -2.39. The number of carbonyl (C=O) groups is 2. The molecule has 1 aromatic rings. The molecule has 0 aromatic carbocycles. The Balaban J connectivity index is 2.21. The third-order valence-corrected chi connectivity index (χ3v) is 6.44. The summed E-state index contributed by atoms with van der Waals surface area (Å²) < 4.78 is 10.3. The smallest absolute Gasteiger partial charge is 0.348 e. The Kier molecular flexibility index (Phi) is 8.05. The Morgan fingerprint density at radius 1 is 1.17 bits per heavy atom. The van der Waals surface area contributed by atoms with Crippen molar-refractivity contribution in [3.8, 4) is 0 Å². The highest BCUT2D eigenvalue weighted by Gasteiger charge is 2.33. The summed E-state index contributed by atoms with van der Waals surface area (Å²) in [7, 11) is 0. The Labute approximate surface area is 182 Å². The summed E-state index contributed by atoms with van der Waals surface area (Å²) in [5, 5.41) is 7.47. The minimum atomic E-state index is -0.477. The van der Waals surface area contributed by atoms with Gasteiger partial charge in [-0.15, -0.1) is 11.3 Å². The zero-order valence-electron chi connectivity index (χ0n) is 18.1. The van der Waals surface area contributed by atoms with Crippen molar-refractivity contribution in [2.75, 3.05) is 18.5 Å². The maximum absolute atomic E-state index is 12.5. The maximum atomic E-state index is 12.5. The van der Waals surface area contributed by atoms with Crippen LogP contribution in [0.2, 0.25) is 0 Å². The van der Waals surface area contributed by atoms with E-state index in [4.69, 9.17) is 21.7 Å². The van der Waals surface area contributed by atoms with Crippen LogP contribution < -0.4 is 10.6 Å². The van der Waals surface area contributed by atoms with Gasteiger partial charge in [0, 0.05) is 6.04 Å². The van der Waals surface area contributed by atoms with Crippen LogP contribution in [0.25, 0.3) is 0 Å². The number of rotatable bonds is 6. The number of esters is 2. The number of thiocarbonyl (C=S) groups is 1. The van der Waals surface area contributed by atoms with Crippen LogP contribution in [-0.4, -0.2) is 36.3 Å². The number of hydrogen-bond acceptors (Lipinski definition) is 6. The lowest BCUT2D eigenvalue weighted by molar-refractivity contribution is 0.0527. The molecule has 1 aliphatic carbocycles. The molecule has 2 unspecified atom stereocenters. The van der Waals surface area contributed by atoms with Gasteiger partial charge in [-0.1, -0.05) is 20.8 Å². The fourth-order valence-electron chi connectivity index (χ4n) is 4.22. The van der Waals surface area contributed by atoms with E-state index in [1.165, 1.54) is 17.8 Å². The molecular formula is C21H32N2O4S2. The van der Waals surface area contributed by atoms with Crippen LogP contribution in [-0.2, 0) is 9.47 Å². The molecule has 162 valence electrons. The van der Waals surface area contributed by atoms with E-state index < -0.39 is 11.9 Å². The van der Waals surface area contributed by atoms with E-state index in [2.05, 4.69) is 31.4 Å². The van der Waals surface area contributed by atoms with Crippen molar-refractivity contribution in [1.82, 2.24) is 5.32 Å². The SMILES string of the molecule is CCOC(=O)c1sc(NC(=S)NC2CC(C)CC(C)(C)C2)c(C(=O)OCC)c1C. The van der Waals surface area contributed by atoms with Crippen LogP contribution in [0.3, 0.4) is 0 Å². The van der Waals surface area contributed by atoms with Gasteiger partial charge in [0.1, 0.15) is 9.88 Å². The molecule has 0 amide bonds. The van der Waals surface area contributed by atoms with Gasteiger partial charge in [0.2, 0.25) is 0 Å². The average molecular weight is 441 g/mol. The normalized spacial score (nSPS) is 20.6. The van der Waals surface area contributed by atoms with Gasteiger partial charge in [0.15, 0.2) is 5.11 Å². The summed E-state index contributed by atoms with van der Waals surface area (Å²) in [6.45, 7) is 12.6. The second-order valence-corrected chi connectivity index (χ2v) is 9.84. The molecule has 8 heteroatoms. The highest BCUT2D eigenvalue weighted by molar-refractivity contribution is 7.80. The van der Waals surface area contributed by atoms with Crippen molar-refractivity contribution in [3.05, 3.63) is 16.0 Å². The van der Waals surface area contributed by atoms with Crippen molar-refractivity contribution in [2.24, 2.45) is 11.3 Å². The predicted octanol–water partition coefficient (Wildman–Crippen LogP) is 4.91. The zero-order chi connectivity index (χ0) is 21.8. The largest absolute Gasteiger partial charge is 0.462 e. The van der Waals surface area contributed by atoms with Crippen LogP contribution in [0.4, 0.5) is 5.00 Å². The summed E-state index contributed by atoms with van der Waals surface area (Å²) in [5.41, 5.74) is 1.14. The maximum Gasteiger partial charge on any atom is 0.348 e. The first-order valence-electron chi connectivity index (χ1n) is 10.1. The van der Waals surface area contributed by atoms with Crippen LogP contribution in [0.5, 0.6) is 0 Å². The number of thiophene rings is 1. The van der Waals surface area contributed by atoms with E-state index in [0.717, 1.165) is 12.8 Å². The van der Waals surface area contributed by atoms with Gasteiger partial charge in [0.25, 0.3) is 0 Å². The molecule has 0 aliphatic heterocycles. The molecule has 2 N–H and O–H groups in total. The fourth-order valence-corrected chi connectivity index (χ4v) is 5.65. The highest BCUT2D eigenvalue weighted by atomic mass is 32.1. The van der Waals surface area contributed by atoms with Crippen molar-refractivity contribution < 1.29 is 19.1 Å². The summed E-state index contributed by atoms with van der Waals surface area (Å²) >= 11 is 6.69. The first-order chi connectivity index (χ1) is 13.6. The Morgan fingerprint density at radius 2 is 1.79 bits per heavy atom. The first-order valence-corrected chi connectivity index (χ1v) is 11.4. The van der Waals surface area contributed by atoms with Crippen molar-refractivity contribution in [3.63, 3.8) is 0 Å². The Bertz CT molecular complexity index is 773. The van der Waals surface area contributed by atoms with Gasteiger partial charge in [-0.2, -0.15) is 0 Å². The molecule has 1 heterocycles. The highest BCUT2D eigenvalue weighted by Crippen LogP contribution is 2.39. The lowest BCUT2D eigenvalue weighted by atomic mass is 9.71. The van der Waals surface area contributed by atoms with Gasteiger partial charge in [-0.05, 0) is 69.1 Å². The first kappa shape index (κ1) is 23.6. The summed E-state index contributed by atoms with van der Waals surface area (Å²) in [5.74, 6) is -0.307. The molecule has 0 bridgehead atoms. The van der Waals surface area contributed by atoms with E-state index >= 15 is 0 Å². The van der Waals surface area contributed by atoms with Gasteiger partial charge < -0.3 is 20.1 Å². The fraction of sp³-hybridized carbons (Fsp3) is 0.667. The summed E-state index contributed by atoms with van der Waals surface area (Å²) in [6.07, 6.45) is 3.28. The van der Waals surface area contributed by atoms with Crippen LogP contribution >= 0.6 is 23.6 Å². The molecule has 1 aliphatic rings. The molecule has 0 saturated heterocycles. The lowest BCUT2D eigenvalue weighted by Crippen LogP contribution is -2.44. The quantitative estimate of drug-likeness (QED) is 0.481. The number of nitrogens with one attached hydrogen (secondary N) is 2. The molecule has 6 nitrogen and oxygen atoms in total. The Morgan fingerprint density at radius 3 is 2.38 bits per heavy atom. The third kappa shape index (κ3) is 6.15. The van der Waals surface area contributed by atoms with E-state index in [1.807, 2.05) is 0 Å². The molecule has 0 radical (unpaired) electrons. The molecule has 1 saturated carbocycles. The number of ether oxygens (including phenoxy) is 2.